The molecule has 0 saturated carbocycles. The molecule has 6 nitrogen and oxygen atoms in total. The quantitative estimate of drug-likeness (QED) is 0.603. The van der Waals surface area contributed by atoms with Crippen LogP contribution in [0.5, 0.6) is 11.5 Å². The SMILES string of the molecule is CC(=O)Nc1ccc(OCC(=O)Nc2ccc(OCc3ccccc3)cc2)cc1. The third kappa shape index (κ3) is 6.70. The molecule has 6 heteroatoms. The molecule has 3 aromatic rings. The normalized spacial score (nSPS) is 10.1. The Morgan fingerprint density at radius 1 is 0.724 bits per heavy atom. The lowest BCUT2D eigenvalue weighted by atomic mass is 10.2. The van der Waals surface area contributed by atoms with Crippen LogP contribution in [0.15, 0.2) is 78.9 Å². The first-order valence-electron chi connectivity index (χ1n) is 9.15. The summed E-state index contributed by atoms with van der Waals surface area (Å²) < 4.78 is 11.2. The monoisotopic (exact) mass is 390 g/mol. The van der Waals surface area contributed by atoms with E-state index in [1.807, 2.05) is 30.3 Å². The Labute approximate surface area is 169 Å². The lowest BCUT2D eigenvalue weighted by Crippen LogP contribution is -2.20. The molecule has 0 unspecified atom stereocenters. The van der Waals surface area contributed by atoms with Gasteiger partial charge in [-0.05, 0) is 54.1 Å². The van der Waals surface area contributed by atoms with Crippen molar-refractivity contribution in [1.29, 1.82) is 0 Å². The number of ether oxygens (including phenoxy) is 2. The van der Waals surface area contributed by atoms with E-state index in [0.717, 1.165) is 11.3 Å². The number of hydrogen-bond acceptors (Lipinski definition) is 4. The number of hydrogen-bond donors (Lipinski definition) is 2. The van der Waals surface area contributed by atoms with Crippen molar-refractivity contribution >= 4 is 23.2 Å². The third-order valence-corrected chi connectivity index (χ3v) is 3.93. The summed E-state index contributed by atoms with van der Waals surface area (Å²) >= 11 is 0. The largest absolute Gasteiger partial charge is 0.489 e. The molecule has 0 saturated heterocycles. The Balaban J connectivity index is 1.43. The number of anilines is 2. The summed E-state index contributed by atoms with van der Waals surface area (Å²) in [6, 6.07) is 23.9. The van der Waals surface area contributed by atoms with Gasteiger partial charge < -0.3 is 20.1 Å². The maximum absolute atomic E-state index is 12.1. The Morgan fingerprint density at radius 3 is 1.86 bits per heavy atom. The summed E-state index contributed by atoms with van der Waals surface area (Å²) in [6.07, 6.45) is 0. The highest BCUT2D eigenvalue weighted by atomic mass is 16.5. The van der Waals surface area contributed by atoms with Gasteiger partial charge >= 0.3 is 0 Å². The van der Waals surface area contributed by atoms with E-state index in [1.54, 1.807) is 48.5 Å². The zero-order valence-corrected chi connectivity index (χ0v) is 16.1. The Kier molecular flexibility index (Phi) is 6.84. The van der Waals surface area contributed by atoms with Gasteiger partial charge in [0.05, 0.1) is 0 Å². The number of carbonyl (C=O) groups excluding carboxylic acids is 2. The minimum absolute atomic E-state index is 0.119. The fraction of sp³-hybridized carbons (Fsp3) is 0.130. The highest BCUT2D eigenvalue weighted by Crippen LogP contribution is 2.18. The second-order valence-corrected chi connectivity index (χ2v) is 6.34. The Morgan fingerprint density at radius 2 is 1.28 bits per heavy atom. The second kappa shape index (κ2) is 9.94. The molecule has 29 heavy (non-hydrogen) atoms. The third-order valence-electron chi connectivity index (χ3n) is 3.93. The molecule has 3 rings (SSSR count). The van der Waals surface area contributed by atoms with Gasteiger partial charge in [0.25, 0.3) is 5.91 Å². The van der Waals surface area contributed by atoms with E-state index in [2.05, 4.69) is 10.6 Å². The molecule has 2 N–H and O–H groups in total. The summed E-state index contributed by atoms with van der Waals surface area (Å²) in [5, 5.41) is 5.44. The van der Waals surface area contributed by atoms with E-state index in [1.165, 1.54) is 6.92 Å². The van der Waals surface area contributed by atoms with Crippen molar-refractivity contribution in [1.82, 2.24) is 0 Å². The lowest BCUT2D eigenvalue weighted by Gasteiger charge is -2.10. The summed E-state index contributed by atoms with van der Waals surface area (Å²) in [4.78, 5) is 23.1. The predicted molar refractivity (Wildman–Crippen MR) is 112 cm³/mol. The van der Waals surface area contributed by atoms with Gasteiger partial charge in [-0.2, -0.15) is 0 Å². The number of amides is 2. The topological polar surface area (TPSA) is 76.7 Å². The van der Waals surface area contributed by atoms with Crippen LogP contribution in [-0.4, -0.2) is 18.4 Å². The first-order chi connectivity index (χ1) is 14.1. The zero-order valence-electron chi connectivity index (χ0n) is 16.1. The molecular weight excluding hydrogens is 368 g/mol. The number of rotatable bonds is 8. The van der Waals surface area contributed by atoms with E-state index in [4.69, 9.17) is 9.47 Å². The van der Waals surface area contributed by atoms with Crippen LogP contribution in [-0.2, 0) is 16.2 Å². The highest BCUT2D eigenvalue weighted by molar-refractivity contribution is 5.92. The predicted octanol–water partition coefficient (Wildman–Crippen LogP) is 4.24. The van der Waals surface area contributed by atoms with Crippen molar-refractivity contribution in [3.8, 4) is 11.5 Å². The molecule has 0 aromatic heterocycles. The molecule has 0 aliphatic rings. The smallest absolute Gasteiger partial charge is 0.262 e. The first-order valence-corrected chi connectivity index (χ1v) is 9.15. The lowest BCUT2D eigenvalue weighted by molar-refractivity contribution is -0.118. The maximum Gasteiger partial charge on any atom is 0.262 e. The van der Waals surface area contributed by atoms with Crippen molar-refractivity contribution in [2.75, 3.05) is 17.2 Å². The van der Waals surface area contributed by atoms with Crippen molar-refractivity contribution in [2.45, 2.75) is 13.5 Å². The molecule has 148 valence electrons. The standard InChI is InChI=1S/C23H22N2O4/c1-17(26)24-19-7-11-22(12-8-19)29-16-23(27)25-20-9-13-21(14-10-20)28-15-18-5-3-2-4-6-18/h2-14H,15-16H2,1H3,(H,24,26)(H,25,27). The summed E-state index contributed by atoms with van der Waals surface area (Å²) in [6.45, 7) is 1.81. The summed E-state index contributed by atoms with van der Waals surface area (Å²) in [5.41, 5.74) is 2.42. The molecular formula is C23H22N2O4. The fourth-order valence-electron chi connectivity index (χ4n) is 2.56. The van der Waals surface area contributed by atoms with Crippen LogP contribution in [0.25, 0.3) is 0 Å². The van der Waals surface area contributed by atoms with E-state index in [0.29, 0.717) is 23.7 Å². The molecule has 0 fully saturated rings. The summed E-state index contributed by atoms with van der Waals surface area (Å²) in [5.74, 6) is 0.852. The van der Waals surface area contributed by atoms with E-state index in [-0.39, 0.29) is 18.4 Å². The Bertz CT molecular complexity index is 939. The van der Waals surface area contributed by atoms with Crippen LogP contribution in [0, 0.1) is 0 Å². The molecule has 0 aliphatic heterocycles. The minimum Gasteiger partial charge on any atom is -0.489 e. The molecule has 3 aromatic carbocycles. The number of carbonyl (C=O) groups is 2. The average Bonchev–Trinajstić information content (AvgIpc) is 2.73. The van der Waals surface area contributed by atoms with Crippen LogP contribution >= 0.6 is 0 Å². The average molecular weight is 390 g/mol. The van der Waals surface area contributed by atoms with Gasteiger partial charge in [-0.1, -0.05) is 30.3 Å². The first kappa shape index (κ1) is 19.9. The molecule has 0 heterocycles. The second-order valence-electron chi connectivity index (χ2n) is 6.34. The van der Waals surface area contributed by atoms with Crippen molar-refractivity contribution in [3.63, 3.8) is 0 Å². The van der Waals surface area contributed by atoms with Crippen molar-refractivity contribution in [2.24, 2.45) is 0 Å². The van der Waals surface area contributed by atoms with Gasteiger partial charge in [-0.25, -0.2) is 0 Å². The van der Waals surface area contributed by atoms with E-state index in [9.17, 15) is 9.59 Å². The molecule has 0 atom stereocenters. The highest BCUT2D eigenvalue weighted by Gasteiger charge is 2.05. The Hall–Kier alpha value is -3.80. The molecule has 0 spiro atoms. The number of benzene rings is 3. The van der Waals surface area contributed by atoms with Crippen LogP contribution in [0.1, 0.15) is 12.5 Å². The fourth-order valence-corrected chi connectivity index (χ4v) is 2.56. The van der Waals surface area contributed by atoms with Gasteiger partial charge in [0.1, 0.15) is 18.1 Å². The minimum atomic E-state index is -0.270. The zero-order chi connectivity index (χ0) is 20.5. The van der Waals surface area contributed by atoms with Gasteiger partial charge in [0.15, 0.2) is 6.61 Å². The molecule has 0 bridgehead atoms. The van der Waals surface area contributed by atoms with Gasteiger partial charge in [0, 0.05) is 18.3 Å². The van der Waals surface area contributed by atoms with Crippen molar-refractivity contribution in [3.05, 3.63) is 84.4 Å². The maximum atomic E-state index is 12.1. The van der Waals surface area contributed by atoms with Crippen LogP contribution < -0.4 is 20.1 Å². The molecule has 0 radical (unpaired) electrons. The van der Waals surface area contributed by atoms with Crippen LogP contribution in [0.3, 0.4) is 0 Å². The van der Waals surface area contributed by atoms with Gasteiger partial charge in [0.2, 0.25) is 5.91 Å². The van der Waals surface area contributed by atoms with Crippen LogP contribution in [0.2, 0.25) is 0 Å². The van der Waals surface area contributed by atoms with Gasteiger partial charge in [-0.3, -0.25) is 9.59 Å². The molecule has 0 aliphatic carbocycles. The van der Waals surface area contributed by atoms with Crippen molar-refractivity contribution < 1.29 is 19.1 Å². The van der Waals surface area contributed by atoms with E-state index >= 15 is 0 Å². The van der Waals surface area contributed by atoms with E-state index < -0.39 is 0 Å². The summed E-state index contributed by atoms with van der Waals surface area (Å²) in [7, 11) is 0. The molecule has 2 amide bonds. The number of nitrogens with one attached hydrogen (secondary N) is 2. The van der Waals surface area contributed by atoms with Gasteiger partial charge in [-0.15, -0.1) is 0 Å². The van der Waals surface area contributed by atoms with Crippen LogP contribution in [0.4, 0.5) is 11.4 Å².